The third-order valence-corrected chi connectivity index (χ3v) is 4.13. The Hall–Kier alpha value is -1.95. The van der Waals surface area contributed by atoms with Gasteiger partial charge in [0.25, 0.3) is 0 Å². The van der Waals surface area contributed by atoms with Crippen LogP contribution in [0, 0.1) is 6.92 Å². The monoisotopic (exact) mass is 339 g/mol. The van der Waals surface area contributed by atoms with E-state index >= 15 is 0 Å². The Labute approximate surface area is 141 Å². The molecule has 1 saturated heterocycles. The zero-order chi connectivity index (χ0) is 16.8. The van der Waals surface area contributed by atoms with Crippen LogP contribution in [-0.2, 0) is 4.74 Å². The number of benzene rings is 1. The summed E-state index contributed by atoms with van der Waals surface area (Å²) >= 11 is 6.10. The Morgan fingerprint density at radius 2 is 2.04 bits per heavy atom. The maximum atomic E-state index is 12.1. The Morgan fingerprint density at radius 3 is 2.65 bits per heavy atom. The SMILES string of the molecule is CCOC(=O)N1CCC(NC(=O)Nc2c(C)cccc2Cl)CC1. The number of carbonyl (C=O) groups is 2. The second kappa shape index (κ2) is 8.06. The highest BCUT2D eigenvalue weighted by Gasteiger charge is 2.24. The molecule has 6 nitrogen and oxygen atoms in total. The molecule has 2 rings (SSSR count). The van der Waals surface area contributed by atoms with E-state index in [9.17, 15) is 9.59 Å². The molecule has 2 N–H and O–H groups in total. The van der Waals surface area contributed by atoms with Crippen LogP contribution in [0.1, 0.15) is 25.3 Å². The lowest BCUT2D eigenvalue weighted by atomic mass is 10.1. The molecule has 1 aromatic rings. The van der Waals surface area contributed by atoms with Crippen molar-refractivity contribution >= 4 is 29.4 Å². The molecule has 0 saturated carbocycles. The van der Waals surface area contributed by atoms with Gasteiger partial charge < -0.3 is 20.3 Å². The van der Waals surface area contributed by atoms with Crippen molar-refractivity contribution in [1.82, 2.24) is 10.2 Å². The highest BCUT2D eigenvalue weighted by atomic mass is 35.5. The topological polar surface area (TPSA) is 70.7 Å². The van der Waals surface area contributed by atoms with Crippen molar-refractivity contribution in [3.8, 4) is 0 Å². The number of aryl methyl sites for hydroxylation is 1. The summed E-state index contributed by atoms with van der Waals surface area (Å²) < 4.78 is 4.98. The quantitative estimate of drug-likeness (QED) is 0.886. The molecule has 0 aromatic heterocycles. The van der Waals surface area contributed by atoms with Gasteiger partial charge in [0.05, 0.1) is 17.3 Å². The van der Waals surface area contributed by atoms with Gasteiger partial charge in [-0.2, -0.15) is 0 Å². The van der Waals surface area contributed by atoms with Crippen molar-refractivity contribution in [2.75, 3.05) is 25.0 Å². The molecule has 126 valence electrons. The van der Waals surface area contributed by atoms with Crippen LogP contribution in [0.25, 0.3) is 0 Å². The Kier molecular flexibility index (Phi) is 6.10. The number of nitrogens with zero attached hydrogens (tertiary/aromatic N) is 1. The molecule has 1 aliphatic rings. The molecule has 0 radical (unpaired) electrons. The predicted molar refractivity (Wildman–Crippen MR) is 90.0 cm³/mol. The van der Waals surface area contributed by atoms with Crippen LogP contribution in [0.3, 0.4) is 0 Å². The molecule has 1 aliphatic heterocycles. The van der Waals surface area contributed by atoms with Crippen LogP contribution in [0.2, 0.25) is 5.02 Å². The molecule has 3 amide bonds. The van der Waals surface area contributed by atoms with E-state index in [-0.39, 0.29) is 18.2 Å². The lowest BCUT2D eigenvalue weighted by Crippen LogP contribution is -2.47. The Morgan fingerprint density at radius 1 is 1.35 bits per heavy atom. The number of urea groups is 1. The fourth-order valence-corrected chi connectivity index (χ4v) is 2.82. The number of amides is 3. The minimum absolute atomic E-state index is 0.0310. The summed E-state index contributed by atoms with van der Waals surface area (Å²) in [7, 11) is 0. The maximum absolute atomic E-state index is 12.1. The van der Waals surface area contributed by atoms with Crippen LogP contribution < -0.4 is 10.6 Å². The highest BCUT2D eigenvalue weighted by molar-refractivity contribution is 6.33. The van der Waals surface area contributed by atoms with Crippen LogP contribution in [0.4, 0.5) is 15.3 Å². The molecule has 0 spiro atoms. The number of carbonyl (C=O) groups excluding carboxylic acids is 2. The molecule has 0 unspecified atom stereocenters. The van der Waals surface area contributed by atoms with Gasteiger partial charge in [0, 0.05) is 19.1 Å². The van der Waals surface area contributed by atoms with Gasteiger partial charge in [-0.25, -0.2) is 9.59 Å². The van der Waals surface area contributed by atoms with Crippen LogP contribution in [-0.4, -0.2) is 42.8 Å². The van der Waals surface area contributed by atoms with E-state index in [0.717, 1.165) is 5.56 Å². The van der Waals surface area contributed by atoms with Gasteiger partial charge >= 0.3 is 12.1 Å². The molecular formula is C16H22ClN3O3. The van der Waals surface area contributed by atoms with E-state index in [1.54, 1.807) is 17.9 Å². The molecule has 1 fully saturated rings. The number of nitrogens with one attached hydrogen (secondary N) is 2. The van der Waals surface area contributed by atoms with Crippen molar-refractivity contribution in [3.63, 3.8) is 0 Å². The summed E-state index contributed by atoms with van der Waals surface area (Å²) in [5, 5.41) is 6.23. The average molecular weight is 340 g/mol. The first-order valence-corrected chi connectivity index (χ1v) is 8.13. The fourth-order valence-electron chi connectivity index (χ4n) is 2.55. The summed E-state index contributed by atoms with van der Waals surface area (Å²) in [4.78, 5) is 25.4. The van der Waals surface area contributed by atoms with Crippen molar-refractivity contribution < 1.29 is 14.3 Å². The van der Waals surface area contributed by atoms with Crippen molar-refractivity contribution in [2.24, 2.45) is 0 Å². The number of para-hydroxylation sites is 1. The number of ether oxygens (including phenoxy) is 1. The Balaban J connectivity index is 1.82. The van der Waals surface area contributed by atoms with Crippen molar-refractivity contribution in [2.45, 2.75) is 32.7 Å². The lowest BCUT2D eigenvalue weighted by Gasteiger charge is -2.31. The van der Waals surface area contributed by atoms with E-state index in [1.807, 2.05) is 19.1 Å². The molecule has 23 heavy (non-hydrogen) atoms. The van der Waals surface area contributed by atoms with E-state index in [0.29, 0.717) is 43.2 Å². The van der Waals surface area contributed by atoms with E-state index in [1.165, 1.54) is 0 Å². The van der Waals surface area contributed by atoms with Gasteiger partial charge in [0.15, 0.2) is 0 Å². The number of anilines is 1. The molecule has 0 bridgehead atoms. The number of likely N-dealkylation sites (tertiary alicyclic amines) is 1. The standard InChI is InChI=1S/C16H22ClN3O3/c1-3-23-16(22)20-9-7-12(8-10-20)18-15(21)19-14-11(2)5-4-6-13(14)17/h4-6,12H,3,7-10H2,1-2H3,(H2,18,19,21). The first kappa shape index (κ1) is 17.4. The predicted octanol–water partition coefficient (Wildman–Crippen LogP) is 3.39. The normalized spacial score (nSPS) is 15.2. The smallest absolute Gasteiger partial charge is 0.409 e. The summed E-state index contributed by atoms with van der Waals surface area (Å²) in [5.41, 5.74) is 1.53. The van der Waals surface area contributed by atoms with Crippen LogP contribution in [0.5, 0.6) is 0 Å². The minimum atomic E-state index is -0.290. The number of hydrogen-bond donors (Lipinski definition) is 2. The van der Waals surface area contributed by atoms with Gasteiger partial charge in [-0.3, -0.25) is 0 Å². The zero-order valence-corrected chi connectivity index (χ0v) is 14.2. The number of hydrogen-bond acceptors (Lipinski definition) is 3. The van der Waals surface area contributed by atoms with Crippen LogP contribution >= 0.6 is 11.6 Å². The van der Waals surface area contributed by atoms with Crippen molar-refractivity contribution in [1.29, 1.82) is 0 Å². The molecule has 0 aliphatic carbocycles. The molecule has 1 aromatic carbocycles. The first-order chi connectivity index (χ1) is 11.0. The van der Waals surface area contributed by atoms with Gasteiger partial charge in [0.2, 0.25) is 0 Å². The second-order valence-corrected chi connectivity index (χ2v) is 5.90. The van der Waals surface area contributed by atoms with Crippen LogP contribution in [0.15, 0.2) is 18.2 Å². The third-order valence-electron chi connectivity index (χ3n) is 3.82. The second-order valence-electron chi connectivity index (χ2n) is 5.49. The van der Waals surface area contributed by atoms with Gasteiger partial charge in [-0.15, -0.1) is 0 Å². The summed E-state index contributed by atoms with van der Waals surface area (Å²) in [5.74, 6) is 0. The molecule has 0 atom stereocenters. The minimum Gasteiger partial charge on any atom is -0.450 e. The number of halogens is 1. The number of rotatable bonds is 3. The zero-order valence-electron chi connectivity index (χ0n) is 13.4. The maximum Gasteiger partial charge on any atom is 0.409 e. The summed E-state index contributed by atoms with van der Waals surface area (Å²) in [6, 6.07) is 5.21. The van der Waals surface area contributed by atoms with Gasteiger partial charge in [-0.05, 0) is 38.3 Å². The largest absolute Gasteiger partial charge is 0.450 e. The van der Waals surface area contributed by atoms with E-state index < -0.39 is 0 Å². The fraction of sp³-hybridized carbons (Fsp3) is 0.500. The molecule has 1 heterocycles. The summed E-state index contributed by atoms with van der Waals surface area (Å²) in [6.45, 7) is 5.20. The summed E-state index contributed by atoms with van der Waals surface area (Å²) in [6.07, 6.45) is 1.11. The van der Waals surface area contributed by atoms with Gasteiger partial charge in [0.1, 0.15) is 0 Å². The lowest BCUT2D eigenvalue weighted by molar-refractivity contribution is 0.0959. The third kappa shape index (κ3) is 4.76. The van der Waals surface area contributed by atoms with Crippen molar-refractivity contribution in [3.05, 3.63) is 28.8 Å². The molecule has 7 heteroatoms. The average Bonchev–Trinajstić information content (AvgIpc) is 2.52. The Bertz CT molecular complexity index is 551. The molecular weight excluding hydrogens is 318 g/mol. The van der Waals surface area contributed by atoms with E-state index in [2.05, 4.69) is 10.6 Å². The highest BCUT2D eigenvalue weighted by Crippen LogP contribution is 2.25. The van der Waals surface area contributed by atoms with E-state index in [4.69, 9.17) is 16.3 Å². The number of piperidine rings is 1. The first-order valence-electron chi connectivity index (χ1n) is 7.75. The van der Waals surface area contributed by atoms with Gasteiger partial charge in [-0.1, -0.05) is 23.7 Å².